The van der Waals surface area contributed by atoms with Gasteiger partial charge in [-0.15, -0.1) is 0 Å². The molecule has 0 aromatic carbocycles. The van der Waals surface area contributed by atoms with Gasteiger partial charge in [-0.05, 0) is 13.2 Å². The fraction of sp³-hybridized carbons (Fsp3) is 0.400. The van der Waals surface area contributed by atoms with E-state index in [1.54, 1.807) is 18.6 Å². The third kappa shape index (κ3) is 2.69. The lowest BCUT2D eigenvalue weighted by Crippen LogP contribution is -1.59. The first-order chi connectivity index (χ1) is 3.89. The van der Waals surface area contributed by atoms with Crippen molar-refractivity contribution in [2.24, 2.45) is 0 Å². The van der Waals surface area contributed by atoms with Crippen molar-refractivity contribution in [1.29, 1.82) is 0 Å². The van der Waals surface area contributed by atoms with E-state index >= 15 is 0 Å². The molecule has 3 heteroatoms. The third-order valence-corrected chi connectivity index (χ3v) is 0.567. The van der Waals surface area contributed by atoms with Gasteiger partial charge in [0.1, 0.15) is 6.26 Å². The molecule has 0 amide bonds. The first-order valence-electron chi connectivity index (χ1n) is 2.21. The van der Waals surface area contributed by atoms with E-state index in [4.69, 9.17) is 0 Å². The monoisotopic (exact) mass is 131 g/mol. The molecule has 0 saturated heterocycles. The lowest BCUT2D eigenvalue weighted by Gasteiger charge is -1.62. The highest BCUT2D eigenvalue weighted by molar-refractivity contribution is 7.79. The van der Waals surface area contributed by atoms with Crippen molar-refractivity contribution in [2.75, 3.05) is 6.26 Å². The summed E-state index contributed by atoms with van der Waals surface area (Å²) in [6.07, 6.45) is 3.25. The summed E-state index contributed by atoms with van der Waals surface area (Å²) >= 11 is 3.53. The Bertz CT molecular complexity index is 116. The highest BCUT2D eigenvalue weighted by atomic mass is 32.1. The molecule has 46 valence electrons. The predicted octanol–water partition coefficient (Wildman–Crippen LogP) is 1.53. The Balaban J connectivity index is 0.000000222. The number of rotatable bonds is 0. The number of nitrogens with zero attached hydrogens (tertiary/aromatic N) is 1. The second-order valence-corrected chi connectivity index (χ2v) is 1.14. The zero-order chi connectivity index (χ0) is 6.41. The zero-order valence-corrected chi connectivity index (χ0v) is 5.85. The quantitative estimate of drug-likeness (QED) is 0.540. The molecule has 8 heavy (non-hydrogen) atoms. The van der Waals surface area contributed by atoms with Crippen LogP contribution < -0.4 is 0 Å². The summed E-state index contributed by atoms with van der Waals surface area (Å²) in [5.41, 5.74) is 0.926. The lowest BCUT2D eigenvalue weighted by molar-refractivity contribution is 0.415. The van der Waals surface area contributed by atoms with E-state index in [0.29, 0.717) is 0 Å². The van der Waals surface area contributed by atoms with E-state index in [-0.39, 0.29) is 0 Å². The van der Waals surface area contributed by atoms with Gasteiger partial charge in [-0.3, -0.25) is 0 Å². The topological polar surface area (TPSA) is 26.0 Å². The molecule has 0 spiro atoms. The van der Waals surface area contributed by atoms with Gasteiger partial charge in [0.25, 0.3) is 0 Å². The molecule has 0 aliphatic heterocycles. The second-order valence-electron chi connectivity index (χ2n) is 1.14. The van der Waals surface area contributed by atoms with Gasteiger partial charge in [-0.2, -0.15) is 12.6 Å². The normalized spacial score (nSPS) is 7.38. The molecule has 0 radical (unpaired) electrons. The Morgan fingerprint density at radius 3 is 2.38 bits per heavy atom. The van der Waals surface area contributed by atoms with Crippen LogP contribution in [0.4, 0.5) is 0 Å². The van der Waals surface area contributed by atoms with Crippen molar-refractivity contribution in [3.05, 3.63) is 18.0 Å². The number of aryl methyl sites for hydroxylation is 1. The molecule has 1 heterocycles. The van der Waals surface area contributed by atoms with Gasteiger partial charge in [-0.1, -0.05) is 5.16 Å². The summed E-state index contributed by atoms with van der Waals surface area (Å²) in [6.45, 7) is 1.88. The summed E-state index contributed by atoms with van der Waals surface area (Å²) in [5.74, 6) is 0. The Morgan fingerprint density at radius 1 is 1.62 bits per heavy atom. The van der Waals surface area contributed by atoms with Gasteiger partial charge in [-0.25, -0.2) is 0 Å². The predicted molar refractivity (Wildman–Crippen MR) is 36.1 cm³/mol. The smallest absolute Gasteiger partial charge is 0.124 e. The van der Waals surface area contributed by atoms with Crippen molar-refractivity contribution in [1.82, 2.24) is 5.16 Å². The molecule has 0 N–H and O–H groups in total. The van der Waals surface area contributed by atoms with Crippen LogP contribution in [0.2, 0.25) is 0 Å². The summed E-state index contributed by atoms with van der Waals surface area (Å²) in [7, 11) is 0. The summed E-state index contributed by atoms with van der Waals surface area (Å²) in [5, 5.41) is 3.54. The third-order valence-electron chi connectivity index (χ3n) is 0.567. The van der Waals surface area contributed by atoms with Gasteiger partial charge in [0.2, 0.25) is 0 Å². The van der Waals surface area contributed by atoms with Gasteiger partial charge >= 0.3 is 0 Å². The van der Waals surface area contributed by atoms with E-state index in [1.807, 2.05) is 6.92 Å². The van der Waals surface area contributed by atoms with E-state index < -0.39 is 0 Å². The van der Waals surface area contributed by atoms with Crippen LogP contribution in [0.15, 0.2) is 16.9 Å². The van der Waals surface area contributed by atoms with Crippen molar-refractivity contribution in [2.45, 2.75) is 6.92 Å². The van der Waals surface area contributed by atoms with Crippen LogP contribution in [-0.2, 0) is 0 Å². The molecule has 0 bridgehead atoms. The second kappa shape index (κ2) is 4.71. The standard InChI is InChI=1S/C4H5NO.CH4S/c1-4-2-3-6-5-4;1-2/h2-3H,1H3;2H,1H3. The van der Waals surface area contributed by atoms with Crippen LogP contribution in [-0.4, -0.2) is 11.4 Å². The molecule has 1 aromatic rings. The summed E-state index contributed by atoms with van der Waals surface area (Å²) < 4.78 is 4.46. The van der Waals surface area contributed by atoms with E-state index in [9.17, 15) is 0 Å². The maximum atomic E-state index is 4.46. The van der Waals surface area contributed by atoms with Crippen molar-refractivity contribution in [3.8, 4) is 0 Å². The van der Waals surface area contributed by atoms with Crippen LogP contribution in [0.25, 0.3) is 0 Å². The highest BCUT2D eigenvalue weighted by Crippen LogP contribution is 1.86. The molecule has 2 nitrogen and oxygen atoms in total. The average Bonchev–Trinajstić information content (AvgIpc) is 2.24. The molecule has 1 aromatic heterocycles. The molecular weight excluding hydrogens is 122 g/mol. The van der Waals surface area contributed by atoms with Crippen molar-refractivity contribution >= 4 is 12.6 Å². The Hall–Kier alpha value is -0.440. The first kappa shape index (κ1) is 7.56. The fourth-order valence-electron chi connectivity index (χ4n) is 0.273. The number of hydrogen-bond acceptors (Lipinski definition) is 3. The van der Waals surface area contributed by atoms with Crippen LogP contribution >= 0.6 is 12.6 Å². The van der Waals surface area contributed by atoms with Gasteiger partial charge < -0.3 is 4.52 Å². The molecule has 1 rings (SSSR count). The van der Waals surface area contributed by atoms with E-state index in [2.05, 4.69) is 22.3 Å². The van der Waals surface area contributed by atoms with E-state index in [0.717, 1.165) is 5.69 Å². The van der Waals surface area contributed by atoms with Gasteiger partial charge in [0.05, 0.1) is 5.69 Å². The zero-order valence-electron chi connectivity index (χ0n) is 4.96. The minimum absolute atomic E-state index is 0.926. The molecule has 0 unspecified atom stereocenters. The molecule has 0 fully saturated rings. The van der Waals surface area contributed by atoms with Crippen molar-refractivity contribution < 1.29 is 4.52 Å². The molecule has 0 aliphatic carbocycles. The molecule has 0 saturated carbocycles. The summed E-state index contributed by atoms with van der Waals surface area (Å²) in [4.78, 5) is 0. The number of hydrogen-bond donors (Lipinski definition) is 1. The van der Waals surface area contributed by atoms with Crippen LogP contribution in [0.5, 0.6) is 0 Å². The minimum Gasteiger partial charge on any atom is -0.365 e. The molecule has 0 atom stereocenters. The first-order valence-corrected chi connectivity index (χ1v) is 3.11. The van der Waals surface area contributed by atoms with Crippen molar-refractivity contribution in [3.63, 3.8) is 0 Å². The summed E-state index contributed by atoms with van der Waals surface area (Å²) in [6, 6.07) is 1.81. The largest absolute Gasteiger partial charge is 0.365 e. The number of thiol groups is 1. The Morgan fingerprint density at radius 2 is 2.25 bits per heavy atom. The van der Waals surface area contributed by atoms with E-state index in [1.165, 1.54) is 0 Å². The van der Waals surface area contributed by atoms with Gasteiger partial charge in [0.15, 0.2) is 0 Å². The van der Waals surface area contributed by atoms with Crippen LogP contribution in [0.1, 0.15) is 5.69 Å². The molecular formula is C5H9NOS. The maximum absolute atomic E-state index is 4.46. The average molecular weight is 131 g/mol. The Labute approximate surface area is 54.3 Å². The lowest BCUT2D eigenvalue weighted by atomic mass is 10.5. The van der Waals surface area contributed by atoms with Gasteiger partial charge in [0, 0.05) is 6.07 Å². The highest BCUT2D eigenvalue weighted by Gasteiger charge is 1.77. The number of aromatic nitrogens is 1. The SMILES string of the molecule is CS.Cc1ccon1. The molecule has 0 aliphatic rings. The maximum Gasteiger partial charge on any atom is 0.124 e. The van der Waals surface area contributed by atoms with Crippen LogP contribution in [0, 0.1) is 6.92 Å². The fourth-order valence-corrected chi connectivity index (χ4v) is 0.273. The Kier molecular flexibility index (Phi) is 4.45. The minimum atomic E-state index is 0.926. The van der Waals surface area contributed by atoms with Crippen LogP contribution in [0.3, 0.4) is 0 Å².